The molecule has 0 aromatic heterocycles. The minimum Gasteiger partial charge on any atom is -0.465 e. The lowest BCUT2D eigenvalue weighted by Gasteiger charge is -2.12. The number of halogens is 2. The second-order valence-electron chi connectivity index (χ2n) is 5.08. The Labute approximate surface area is 120 Å². The van der Waals surface area contributed by atoms with Crippen LogP contribution in [0.25, 0.3) is 11.1 Å². The van der Waals surface area contributed by atoms with E-state index in [1.54, 1.807) is 6.07 Å². The summed E-state index contributed by atoms with van der Waals surface area (Å²) in [5.41, 5.74) is 3.38. The zero-order valence-electron chi connectivity index (χ0n) is 11.1. The van der Waals surface area contributed by atoms with Crippen molar-refractivity contribution in [1.82, 2.24) is 5.32 Å². The lowest BCUT2D eigenvalue weighted by Crippen LogP contribution is -2.24. The Bertz CT molecular complexity index is 715. The van der Waals surface area contributed by atoms with Gasteiger partial charge in [-0.3, -0.25) is 0 Å². The zero-order valence-corrected chi connectivity index (χ0v) is 11.1. The zero-order chi connectivity index (χ0) is 15.0. The molecular formula is C16H13F2NO2. The van der Waals surface area contributed by atoms with E-state index in [0.717, 1.165) is 29.2 Å². The van der Waals surface area contributed by atoms with E-state index in [-0.39, 0.29) is 6.04 Å². The van der Waals surface area contributed by atoms with Gasteiger partial charge < -0.3 is 10.4 Å². The van der Waals surface area contributed by atoms with Crippen LogP contribution in [0.2, 0.25) is 0 Å². The molecule has 1 aliphatic rings. The van der Waals surface area contributed by atoms with Crippen LogP contribution in [0, 0.1) is 11.6 Å². The van der Waals surface area contributed by atoms with E-state index >= 15 is 0 Å². The number of carbonyl (C=O) groups is 1. The molecule has 0 aliphatic heterocycles. The van der Waals surface area contributed by atoms with Crippen LogP contribution in [0.15, 0.2) is 36.4 Å². The summed E-state index contributed by atoms with van der Waals surface area (Å²) < 4.78 is 26.3. The molecule has 0 saturated carbocycles. The highest BCUT2D eigenvalue weighted by Crippen LogP contribution is 2.34. The lowest BCUT2D eigenvalue weighted by atomic mass is 9.99. The molecule has 108 valence electrons. The van der Waals surface area contributed by atoms with Gasteiger partial charge in [-0.1, -0.05) is 24.3 Å². The Balaban J connectivity index is 1.93. The van der Waals surface area contributed by atoms with Crippen LogP contribution < -0.4 is 5.32 Å². The fourth-order valence-electron chi connectivity index (χ4n) is 2.77. The van der Waals surface area contributed by atoms with Crippen LogP contribution >= 0.6 is 0 Å². The van der Waals surface area contributed by atoms with Crippen LogP contribution in [0.3, 0.4) is 0 Å². The van der Waals surface area contributed by atoms with Gasteiger partial charge in [0.1, 0.15) is 0 Å². The first-order valence-corrected chi connectivity index (χ1v) is 6.62. The summed E-state index contributed by atoms with van der Waals surface area (Å²) in [5, 5.41) is 11.3. The number of fused-ring (bicyclic) bond motifs is 1. The Kier molecular flexibility index (Phi) is 3.33. The summed E-state index contributed by atoms with van der Waals surface area (Å²) in [5.74, 6) is -1.75. The van der Waals surface area contributed by atoms with Crippen molar-refractivity contribution in [3.63, 3.8) is 0 Å². The molecule has 0 saturated heterocycles. The average Bonchev–Trinajstić information content (AvgIpc) is 2.83. The SMILES string of the molecule is O=C(O)NC1CCc2cc(-c3ccc(F)c(F)c3)ccc21. The van der Waals surface area contributed by atoms with E-state index < -0.39 is 17.7 Å². The molecule has 21 heavy (non-hydrogen) atoms. The number of hydrogen-bond acceptors (Lipinski definition) is 1. The predicted molar refractivity (Wildman–Crippen MR) is 74.0 cm³/mol. The Morgan fingerprint density at radius 3 is 2.52 bits per heavy atom. The van der Waals surface area contributed by atoms with Crippen LogP contribution in [-0.4, -0.2) is 11.2 Å². The predicted octanol–water partition coefficient (Wildman–Crippen LogP) is 3.89. The van der Waals surface area contributed by atoms with Crippen molar-refractivity contribution in [3.8, 4) is 11.1 Å². The molecule has 0 spiro atoms. The minimum atomic E-state index is -1.04. The maximum Gasteiger partial charge on any atom is 0.405 e. The van der Waals surface area contributed by atoms with E-state index in [9.17, 15) is 13.6 Å². The van der Waals surface area contributed by atoms with Crippen molar-refractivity contribution < 1.29 is 18.7 Å². The van der Waals surface area contributed by atoms with Crippen LogP contribution in [0.1, 0.15) is 23.6 Å². The van der Waals surface area contributed by atoms with Gasteiger partial charge in [-0.2, -0.15) is 0 Å². The van der Waals surface area contributed by atoms with Gasteiger partial charge in [0, 0.05) is 0 Å². The summed E-state index contributed by atoms with van der Waals surface area (Å²) in [6.07, 6.45) is 0.429. The molecule has 0 bridgehead atoms. The molecule has 3 rings (SSSR count). The van der Waals surface area contributed by atoms with Gasteiger partial charge in [0.25, 0.3) is 0 Å². The first-order valence-electron chi connectivity index (χ1n) is 6.62. The summed E-state index contributed by atoms with van der Waals surface area (Å²) >= 11 is 0. The third kappa shape index (κ3) is 2.59. The fourth-order valence-corrected chi connectivity index (χ4v) is 2.77. The third-order valence-electron chi connectivity index (χ3n) is 3.77. The number of benzene rings is 2. The molecule has 1 atom stereocenters. The number of amides is 1. The molecule has 1 amide bonds. The Morgan fingerprint density at radius 1 is 1.10 bits per heavy atom. The Hall–Kier alpha value is -2.43. The van der Waals surface area contributed by atoms with Gasteiger partial charge >= 0.3 is 6.09 Å². The monoisotopic (exact) mass is 289 g/mol. The number of aryl methyl sites for hydroxylation is 1. The largest absolute Gasteiger partial charge is 0.465 e. The lowest BCUT2D eigenvalue weighted by molar-refractivity contribution is 0.190. The highest BCUT2D eigenvalue weighted by Gasteiger charge is 2.24. The highest BCUT2D eigenvalue weighted by atomic mass is 19.2. The third-order valence-corrected chi connectivity index (χ3v) is 3.77. The van der Waals surface area contributed by atoms with E-state index in [4.69, 9.17) is 5.11 Å². The van der Waals surface area contributed by atoms with E-state index in [0.29, 0.717) is 12.0 Å². The number of rotatable bonds is 2. The molecule has 1 unspecified atom stereocenters. The Morgan fingerprint density at radius 2 is 1.81 bits per heavy atom. The van der Waals surface area contributed by atoms with Crippen LogP contribution in [0.4, 0.5) is 13.6 Å². The summed E-state index contributed by atoms with van der Waals surface area (Å²) in [6, 6.07) is 9.16. The van der Waals surface area contributed by atoms with Crippen molar-refractivity contribution >= 4 is 6.09 Å². The van der Waals surface area contributed by atoms with Crippen LogP contribution in [0.5, 0.6) is 0 Å². The number of carboxylic acid groups (broad SMARTS) is 1. The van der Waals surface area contributed by atoms with Gasteiger partial charge in [-0.15, -0.1) is 0 Å². The van der Waals surface area contributed by atoms with Gasteiger partial charge in [0.15, 0.2) is 11.6 Å². The van der Waals surface area contributed by atoms with Crippen molar-refractivity contribution in [1.29, 1.82) is 0 Å². The van der Waals surface area contributed by atoms with E-state index in [1.807, 2.05) is 12.1 Å². The molecule has 0 radical (unpaired) electrons. The van der Waals surface area contributed by atoms with Gasteiger partial charge in [0.05, 0.1) is 6.04 Å². The maximum absolute atomic E-state index is 13.3. The average molecular weight is 289 g/mol. The molecule has 3 nitrogen and oxygen atoms in total. The minimum absolute atomic E-state index is 0.198. The topological polar surface area (TPSA) is 49.3 Å². The molecule has 2 aromatic carbocycles. The second-order valence-corrected chi connectivity index (χ2v) is 5.08. The normalized spacial score (nSPS) is 16.6. The molecule has 1 aliphatic carbocycles. The van der Waals surface area contributed by atoms with Crippen molar-refractivity contribution in [3.05, 3.63) is 59.2 Å². The molecule has 2 aromatic rings. The summed E-state index contributed by atoms with van der Waals surface area (Å²) in [7, 11) is 0. The molecular weight excluding hydrogens is 276 g/mol. The van der Waals surface area contributed by atoms with Gasteiger partial charge in [-0.25, -0.2) is 13.6 Å². The van der Waals surface area contributed by atoms with Crippen molar-refractivity contribution in [2.45, 2.75) is 18.9 Å². The van der Waals surface area contributed by atoms with Crippen molar-refractivity contribution in [2.24, 2.45) is 0 Å². The molecule has 0 fully saturated rings. The van der Waals surface area contributed by atoms with Gasteiger partial charge in [0.2, 0.25) is 0 Å². The first-order chi connectivity index (χ1) is 10.0. The smallest absolute Gasteiger partial charge is 0.405 e. The second kappa shape index (κ2) is 5.16. The fraction of sp³-hybridized carbons (Fsp3) is 0.188. The van der Waals surface area contributed by atoms with Crippen LogP contribution in [-0.2, 0) is 6.42 Å². The maximum atomic E-state index is 13.3. The molecule has 0 heterocycles. The van der Waals surface area contributed by atoms with Gasteiger partial charge in [-0.05, 0) is 47.2 Å². The highest BCUT2D eigenvalue weighted by molar-refractivity contribution is 5.68. The molecule has 2 N–H and O–H groups in total. The summed E-state index contributed by atoms with van der Waals surface area (Å²) in [6.45, 7) is 0. The van der Waals surface area contributed by atoms with Crippen molar-refractivity contribution in [2.75, 3.05) is 0 Å². The summed E-state index contributed by atoms with van der Waals surface area (Å²) in [4.78, 5) is 10.7. The van der Waals surface area contributed by atoms with E-state index in [2.05, 4.69) is 5.32 Å². The first kappa shape index (κ1) is 13.5. The standard InChI is InChI=1S/C16H13F2NO2/c17-13-5-2-10(8-14(13)18)9-1-4-12-11(7-9)3-6-15(12)19-16(20)21/h1-2,4-5,7-8,15,19H,3,6H2,(H,20,21). The van der Waals surface area contributed by atoms with E-state index in [1.165, 1.54) is 12.1 Å². The molecule has 5 heteroatoms. The number of hydrogen-bond donors (Lipinski definition) is 2. The number of nitrogens with one attached hydrogen (secondary N) is 1. The quantitative estimate of drug-likeness (QED) is 0.881.